The maximum atomic E-state index is 5.71. The van der Waals surface area contributed by atoms with Crippen LogP contribution in [0.2, 0.25) is 5.02 Å². The molecular weight excluding hydrogens is 158 g/mol. The van der Waals surface area contributed by atoms with E-state index in [0.717, 1.165) is 16.3 Å². The standard InChI is InChI=1S/C9H10ClN/c1-7(11-2)8-3-5-9(10)6-4-8/h3-6,11H,1H2,2H3. The van der Waals surface area contributed by atoms with E-state index in [1.807, 2.05) is 31.3 Å². The van der Waals surface area contributed by atoms with Crippen molar-refractivity contribution >= 4 is 17.3 Å². The van der Waals surface area contributed by atoms with E-state index < -0.39 is 0 Å². The summed E-state index contributed by atoms with van der Waals surface area (Å²) in [6.45, 7) is 3.82. The third kappa shape index (κ3) is 1.99. The van der Waals surface area contributed by atoms with Gasteiger partial charge >= 0.3 is 0 Å². The molecule has 2 heteroatoms. The van der Waals surface area contributed by atoms with Crippen molar-refractivity contribution in [3.8, 4) is 0 Å². The maximum Gasteiger partial charge on any atom is 0.0406 e. The molecule has 0 spiro atoms. The first-order valence-corrected chi connectivity index (χ1v) is 3.74. The van der Waals surface area contributed by atoms with E-state index in [9.17, 15) is 0 Å². The van der Waals surface area contributed by atoms with Crippen LogP contribution in [0.15, 0.2) is 30.8 Å². The molecule has 0 fully saturated rings. The quantitative estimate of drug-likeness (QED) is 0.714. The van der Waals surface area contributed by atoms with Crippen molar-refractivity contribution in [2.24, 2.45) is 0 Å². The molecule has 0 atom stereocenters. The third-order valence-electron chi connectivity index (χ3n) is 1.49. The predicted octanol–water partition coefficient (Wildman–Crippen LogP) is 2.53. The largest absolute Gasteiger partial charge is 0.388 e. The molecule has 0 aliphatic rings. The van der Waals surface area contributed by atoms with Gasteiger partial charge in [0.25, 0.3) is 0 Å². The zero-order chi connectivity index (χ0) is 8.27. The molecule has 11 heavy (non-hydrogen) atoms. The number of hydrogen-bond donors (Lipinski definition) is 1. The van der Waals surface area contributed by atoms with E-state index in [2.05, 4.69) is 11.9 Å². The molecule has 0 aliphatic carbocycles. The highest BCUT2D eigenvalue weighted by atomic mass is 35.5. The Morgan fingerprint density at radius 1 is 1.36 bits per heavy atom. The Hall–Kier alpha value is -0.950. The molecule has 58 valence electrons. The number of benzene rings is 1. The fourth-order valence-corrected chi connectivity index (χ4v) is 0.921. The van der Waals surface area contributed by atoms with Crippen LogP contribution in [-0.4, -0.2) is 7.05 Å². The highest BCUT2D eigenvalue weighted by molar-refractivity contribution is 6.30. The number of nitrogens with one attached hydrogen (secondary N) is 1. The van der Waals surface area contributed by atoms with Crippen molar-refractivity contribution in [2.75, 3.05) is 7.05 Å². The molecule has 0 amide bonds. The molecule has 0 aromatic heterocycles. The van der Waals surface area contributed by atoms with Gasteiger partial charge in [0.1, 0.15) is 0 Å². The molecule has 0 saturated carbocycles. The summed E-state index contributed by atoms with van der Waals surface area (Å²) in [5.41, 5.74) is 1.97. The van der Waals surface area contributed by atoms with Crippen molar-refractivity contribution < 1.29 is 0 Å². The summed E-state index contributed by atoms with van der Waals surface area (Å²) < 4.78 is 0. The van der Waals surface area contributed by atoms with E-state index in [0.29, 0.717) is 0 Å². The van der Waals surface area contributed by atoms with Crippen LogP contribution in [0.4, 0.5) is 0 Å². The van der Waals surface area contributed by atoms with Gasteiger partial charge in [0.15, 0.2) is 0 Å². The lowest BCUT2D eigenvalue weighted by molar-refractivity contribution is 1.13. The minimum atomic E-state index is 0.748. The summed E-state index contributed by atoms with van der Waals surface area (Å²) in [5, 5.41) is 3.71. The monoisotopic (exact) mass is 167 g/mol. The Morgan fingerprint density at radius 3 is 2.36 bits per heavy atom. The molecule has 1 rings (SSSR count). The Labute approximate surface area is 71.7 Å². The Kier molecular flexibility index (Phi) is 2.55. The normalized spacial score (nSPS) is 9.27. The van der Waals surface area contributed by atoms with Crippen LogP contribution >= 0.6 is 11.6 Å². The van der Waals surface area contributed by atoms with Crippen LogP contribution < -0.4 is 5.32 Å². The summed E-state index contributed by atoms with van der Waals surface area (Å²) in [7, 11) is 1.84. The van der Waals surface area contributed by atoms with Gasteiger partial charge in [-0.15, -0.1) is 0 Å². The molecule has 0 saturated heterocycles. The highest BCUT2D eigenvalue weighted by Crippen LogP contribution is 2.13. The first-order valence-electron chi connectivity index (χ1n) is 3.36. The van der Waals surface area contributed by atoms with E-state index in [1.165, 1.54) is 0 Å². The van der Waals surface area contributed by atoms with Gasteiger partial charge in [-0.1, -0.05) is 30.3 Å². The molecular formula is C9H10ClN. The molecule has 0 radical (unpaired) electrons. The smallest absolute Gasteiger partial charge is 0.0406 e. The molecule has 1 aromatic carbocycles. The predicted molar refractivity (Wildman–Crippen MR) is 49.5 cm³/mol. The second-order valence-corrected chi connectivity index (χ2v) is 2.67. The zero-order valence-electron chi connectivity index (χ0n) is 6.39. The fourth-order valence-electron chi connectivity index (χ4n) is 0.795. The fraction of sp³-hybridized carbons (Fsp3) is 0.111. The summed E-state index contributed by atoms with van der Waals surface area (Å²) in [6, 6.07) is 7.56. The SMILES string of the molecule is C=C(NC)c1ccc(Cl)cc1. The van der Waals surface area contributed by atoms with E-state index in [1.54, 1.807) is 0 Å². The van der Waals surface area contributed by atoms with Crippen LogP contribution in [0, 0.1) is 0 Å². The number of rotatable bonds is 2. The molecule has 0 bridgehead atoms. The lowest BCUT2D eigenvalue weighted by atomic mass is 10.2. The molecule has 1 nitrogen and oxygen atoms in total. The zero-order valence-corrected chi connectivity index (χ0v) is 7.15. The minimum absolute atomic E-state index is 0.748. The summed E-state index contributed by atoms with van der Waals surface area (Å²) in [6.07, 6.45) is 0. The lowest BCUT2D eigenvalue weighted by Crippen LogP contribution is -2.02. The van der Waals surface area contributed by atoms with Crippen molar-refractivity contribution in [2.45, 2.75) is 0 Å². The van der Waals surface area contributed by atoms with Crippen LogP contribution in [-0.2, 0) is 0 Å². The van der Waals surface area contributed by atoms with Gasteiger partial charge in [0.05, 0.1) is 0 Å². The lowest BCUT2D eigenvalue weighted by Gasteiger charge is -2.03. The Balaban J connectivity index is 2.90. The molecule has 1 N–H and O–H groups in total. The van der Waals surface area contributed by atoms with Gasteiger partial charge in [-0.25, -0.2) is 0 Å². The second-order valence-electron chi connectivity index (χ2n) is 2.24. The molecule has 0 heterocycles. The maximum absolute atomic E-state index is 5.71. The van der Waals surface area contributed by atoms with E-state index in [4.69, 9.17) is 11.6 Å². The van der Waals surface area contributed by atoms with Gasteiger partial charge in [0.2, 0.25) is 0 Å². The summed E-state index contributed by atoms with van der Waals surface area (Å²) in [4.78, 5) is 0. The second kappa shape index (κ2) is 3.44. The van der Waals surface area contributed by atoms with Crippen LogP contribution in [0.5, 0.6) is 0 Å². The average Bonchev–Trinajstić information content (AvgIpc) is 2.05. The van der Waals surface area contributed by atoms with Crippen LogP contribution in [0.3, 0.4) is 0 Å². The van der Waals surface area contributed by atoms with Crippen LogP contribution in [0.1, 0.15) is 5.56 Å². The van der Waals surface area contributed by atoms with Gasteiger partial charge in [0, 0.05) is 17.8 Å². The van der Waals surface area contributed by atoms with Gasteiger partial charge in [-0.05, 0) is 17.7 Å². The van der Waals surface area contributed by atoms with Gasteiger partial charge in [-0.3, -0.25) is 0 Å². The third-order valence-corrected chi connectivity index (χ3v) is 1.75. The number of halogens is 1. The van der Waals surface area contributed by atoms with Gasteiger partial charge < -0.3 is 5.32 Å². The Bertz CT molecular complexity index is 251. The van der Waals surface area contributed by atoms with E-state index in [-0.39, 0.29) is 0 Å². The van der Waals surface area contributed by atoms with Crippen molar-refractivity contribution in [3.63, 3.8) is 0 Å². The van der Waals surface area contributed by atoms with Crippen molar-refractivity contribution in [1.82, 2.24) is 5.32 Å². The molecule has 1 aromatic rings. The minimum Gasteiger partial charge on any atom is -0.388 e. The van der Waals surface area contributed by atoms with Crippen LogP contribution in [0.25, 0.3) is 5.70 Å². The van der Waals surface area contributed by atoms with Crippen molar-refractivity contribution in [3.05, 3.63) is 41.4 Å². The Morgan fingerprint density at radius 2 is 1.91 bits per heavy atom. The molecule has 0 aliphatic heterocycles. The molecule has 0 unspecified atom stereocenters. The summed E-state index contributed by atoms with van der Waals surface area (Å²) in [5.74, 6) is 0. The number of hydrogen-bond acceptors (Lipinski definition) is 1. The summed E-state index contributed by atoms with van der Waals surface area (Å²) >= 11 is 5.71. The van der Waals surface area contributed by atoms with Crippen molar-refractivity contribution in [1.29, 1.82) is 0 Å². The average molecular weight is 168 g/mol. The first-order chi connectivity index (χ1) is 5.24. The highest BCUT2D eigenvalue weighted by Gasteiger charge is 1.93. The van der Waals surface area contributed by atoms with Gasteiger partial charge in [-0.2, -0.15) is 0 Å². The topological polar surface area (TPSA) is 12.0 Å². The van der Waals surface area contributed by atoms with E-state index >= 15 is 0 Å². The first kappa shape index (κ1) is 8.15.